The number of hydrogen-bond donors (Lipinski definition) is 1. The van der Waals surface area contributed by atoms with Crippen molar-refractivity contribution in [2.24, 2.45) is 0 Å². The summed E-state index contributed by atoms with van der Waals surface area (Å²) < 4.78 is 2.21. The number of aromatic nitrogens is 2. The zero-order valence-corrected chi connectivity index (χ0v) is 13.5. The van der Waals surface area contributed by atoms with Crippen molar-refractivity contribution in [2.45, 2.75) is 23.9 Å². The summed E-state index contributed by atoms with van der Waals surface area (Å²) >= 11 is 4.11. The van der Waals surface area contributed by atoms with Crippen molar-refractivity contribution in [3.8, 4) is 0 Å². The molecule has 108 valence electrons. The predicted octanol–water partition coefficient (Wildman–Crippen LogP) is 2.39. The van der Waals surface area contributed by atoms with Crippen LogP contribution in [0.2, 0.25) is 0 Å². The molecule has 2 rings (SSSR count). The fourth-order valence-electron chi connectivity index (χ4n) is 1.65. The van der Waals surface area contributed by atoms with E-state index >= 15 is 0 Å². The highest BCUT2D eigenvalue weighted by molar-refractivity contribution is 7.99. The normalized spacial score (nSPS) is 12.7. The highest BCUT2D eigenvalue weighted by Gasteiger charge is 2.15. The molecular weight excluding hydrogens is 316 g/mol. The third-order valence-corrected chi connectivity index (χ3v) is 5.50. The first kappa shape index (κ1) is 15.4. The van der Waals surface area contributed by atoms with Gasteiger partial charge in [-0.2, -0.15) is 11.8 Å². The van der Waals surface area contributed by atoms with Crippen LogP contribution < -0.4 is 5.56 Å². The van der Waals surface area contributed by atoms with Gasteiger partial charge in [-0.3, -0.25) is 14.2 Å². The number of thiophene rings is 1. The van der Waals surface area contributed by atoms with E-state index in [4.69, 9.17) is 5.11 Å². The summed E-state index contributed by atoms with van der Waals surface area (Å²) in [6.07, 6.45) is 1.98. The fourth-order valence-corrected chi connectivity index (χ4v) is 3.46. The lowest BCUT2D eigenvalue weighted by Gasteiger charge is -2.14. The van der Waals surface area contributed by atoms with E-state index in [0.29, 0.717) is 21.9 Å². The summed E-state index contributed by atoms with van der Waals surface area (Å²) in [6, 6.07) is 1.79. The van der Waals surface area contributed by atoms with Crippen LogP contribution in [0.3, 0.4) is 0 Å². The Kier molecular flexibility index (Phi) is 5.11. The number of rotatable bonds is 6. The molecule has 8 heteroatoms. The number of fused-ring (bicyclic) bond motifs is 1. The molecule has 0 aliphatic carbocycles. The molecule has 2 aromatic heterocycles. The van der Waals surface area contributed by atoms with Crippen molar-refractivity contribution < 1.29 is 9.90 Å². The van der Waals surface area contributed by atoms with Gasteiger partial charge in [-0.25, -0.2) is 4.98 Å². The summed E-state index contributed by atoms with van der Waals surface area (Å²) in [5.41, 5.74) is 0.555. The molecule has 1 atom stereocenters. The number of hydrogen-bond acceptors (Lipinski definition) is 6. The van der Waals surface area contributed by atoms with Crippen molar-refractivity contribution in [3.05, 3.63) is 21.8 Å². The molecule has 0 saturated carbocycles. The van der Waals surface area contributed by atoms with Crippen LogP contribution in [0, 0.1) is 0 Å². The number of carboxylic acid groups (broad SMARTS) is 1. The Bertz CT molecular complexity index is 680. The fraction of sp³-hybridized carbons (Fsp3) is 0.417. The first-order valence-corrected chi connectivity index (χ1v) is 9.03. The maximum atomic E-state index is 12.5. The largest absolute Gasteiger partial charge is 0.481 e. The van der Waals surface area contributed by atoms with Crippen LogP contribution in [0.15, 0.2) is 21.4 Å². The SMILES string of the molecule is CSC(C)Cn1c(SCC(=O)O)nc2ccsc2c1=O. The van der Waals surface area contributed by atoms with Crippen LogP contribution in [0.1, 0.15) is 6.92 Å². The molecule has 0 aliphatic heterocycles. The lowest BCUT2D eigenvalue weighted by molar-refractivity contribution is -0.133. The highest BCUT2D eigenvalue weighted by Crippen LogP contribution is 2.22. The topological polar surface area (TPSA) is 72.2 Å². The van der Waals surface area contributed by atoms with Crippen LogP contribution in [-0.4, -0.2) is 37.9 Å². The Morgan fingerprint density at radius 2 is 2.35 bits per heavy atom. The molecule has 1 unspecified atom stereocenters. The molecule has 0 aromatic carbocycles. The summed E-state index contributed by atoms with van der Waals surface area (Å²) in [7, 11) is 0. The molecule has 0 saturated heterocycles. The first-order valence-electron chi connectivity index (χ1n) is 5.88. The third-order valence-electron chi connectivity index (χ3n) is 2.70. The van der Waals surface area contributed by atoms with E-state index in [1.165, 1.54) is 11.3 Å². The zero-order chi connectivity index (χ0) is 14.7. The lowest BCUT2D eigenvalue weighted by Crippen LogP contribution is -2.26. The Balaban J connectivity index is 2.47. The number of thioether (sulfide) groups is 2. The molecule has 2 heterocycles. The quantitative estimate of drug-likeness (QED) is 0.648. The van der Waals surface area contributed by atoms with Gasteiger partial charge in [0.05, 0.1) is 11.3 Å². The second-order valence-electron chi connectivity index (χ2n) is 4.17. The van der Waals surface area contributed by atoms with Crippen molar-refractivity contribution in [2.75, 3.05) is 12.0 Å². The number of carbonyl (C=O) groups is 1. The Morgan fingerprint density at radius 3 is 3.00 bits per heavy atom. The minimum absolute atomic E-state index is 0.0845. The molecule has 20 heavy (non-hydrogen) atoms. The van der Waals surface area contributed by atoms with E-state index in [0.717, 1.165) is 11.8 Å². The molecule has 0 fully saturated rings. The summed E-state index contributed by atoms with van der Waals surface area (Å²) in [5.74, 6) is -1.02. The van der Waals surface area contributed by atoms with Crippen molar-refractivity contribution in [1.29, 1.82) is 0 Å². The maximum absolute atomic E-state index is 12.5. The van der Waals surface area contributed by atoms with Crippen molar-refractivity contribution in [1.82, 2.24) is 9.55 Å². The molecule has 1 N–H and O–H groups in total. The van der Waals surface area contributed by atoms with E-state index < -0.39 is 5.97 Å². The molecule has 0 spiro atoms. The minimum Gasteiger partial charge on any atom is -0.481 e. The van der Waals surface area contributed by atoms with E-state index in [1.807, 2.05) is 18.6 Å². The molecule has 0 bridgehead atoms. The third kappa shape index (κ3) is 3.36. The zero-order valence-electron chi connectivity index (χ0n) is 11.0. The second-order valence-corrected chi connectivity index (χ2v) is 7.31. The van der Waals surface area contributed by atoms with Gasteiger partial charge in [0, 0.05) is 11.8 Å². The Hall–Kier alpha value is -0.990. The maximum Gasteiger partial charge on any atom is 0.313 e. The standard InChI is InChI=1S/C12H14N2O3S3/c1-7(18-2)5-14-11(17)10-8(3-4-19-10)13-12(14)20-6-9(15)16/h3-4,7H,5-6H2,1-2H3,(H,15,16). The lowest BCUT2D eigenvalue weighted by atomic mass is 10.4. The van der Waals surface area contributed by atoms with Crippen molar-refractivity contribution >= 4 is 51.0 Å². The van der Waals surface area contributed by atoms with Crippen LogP contribution in [0.25, 0.3) is 10.2 Å². The van der Waals surface area contributed by atoms with Gasteiger partial charge in [0.15, 0.2) is 5.16 Å². The van der Waals surface area contributed by atoms with Crippen LogP contribution >= 0.6 is 34.9 Å². The van der Waals surface area contributed by atoms with E-state index in [2.05, 4.69) is 4.98 Å². The molecular formula is C12H14N2O3S3. The molecule has 0 aliphatic rings. The first-order chi connectivity index (χ1) is 9.52. The van der Waals surface area contributed by atoms with Gasteiger partial charge in [-0.1, -0.05) is 18.7 Å². The van der Waals surface area contributed by atoms with Gasteiger partial charge in [-0.15, -0.1) is 11.3 Å². The Morgan fingerprint density at radius 1 is 1.60 bits per heavy atom. The van der Waals surface area contributed by atoms with Gasteiger partial charge < -0.3 is 5.11 Å². The average molecular weight is 330 g/mol. The molecule has 0 radical (unpaired) electrons. The van der Waals surface area contributed by atoms with Crippen LogP contribution in [0.5, 0.6) is 0 Å². The molecule has 0 amide bonds. The number of aliphatic carboxylic acids is 1. The second kappa shape index (κ2) is 6.64. The average Bonchev–Trinajstić information content (AvgIpc) is 2.88. The van der Waals surface area contributed by atoms with Crippen LogP contribution in [0.4, 0.5) is 0 Å². The monoisotopic (exact) mass is 330 g/mol. The van der Waals surface area contributed by atoms with Crippen molar-refractivity contribution in [3.63, 3.8) is 0 Å². The van der Waals surface area contributed by atoms with E-state index in [-0.39, 0.29) is 16.6 Å². The predicted molar refractivity (Wildman–Crippen MR) is 85.2 cm³/mol. The van der Waals surface area contributed by atoms with Gasteiger partial charge in [-0.05, 0) is 17.7 Å². The molecule has 5 nitrogen and oxygen atoms in total. The summed E-state index contributed by atoms with van der Waals surface area (Å²) in [5, 5.41) is 11.4. The smallest absolute Gasteiger partial charge is 0.313 e. The van der Waals surface area contributed by atoms with Gasteiger partial charge in [0.25, 0.3) is 5.56 Å². The van der Waals surface area contributed by atoms with E-state index in [9.17, 15) is 9.59 Å². The van der Waals surface area contributed by atoms with Crippen LogP contribution in [-0.2, 0) is 11.3 Å². The van der Waals surface area contributed by atoms with E-state index in [1.54, 1.807) is 22.4 Å². The van der Waals surface area contributed by atoms with Gasteiger partial charge in [0.1, 0.15) is 4.70 Å². The number of carboxylic acids is 1. The summed E-state index contributed by atoms with van der Waals surface area (Å²) in [4.78, 5) is 27.6. The molecule has 2 aromatic rings. The minimum atomic E-state index is -0.917. The summed E-state index contributed by atoms with van der Waals surface area (Å²) in [6.45, 7) is 2.56. The Labute approximate surface area is 128 Å². The van der Waals surface area contributed by atoms with Gasteiger partial charge in [0.2, 0.25) is 0 Å². The highest BCUT2D eigenvalue weighted by atomic mass is 32.2. The van der Waals surface area contributed by atoms with Gasteiger partial charge >= 0.3 is 5.97 Å². The number of nitrogens with zero attached hydrogens (tertiary/aromatic N) is 2.